The molecule has 0 spiro atoms. The zero-order valence-electron chi connectivity index (χ0n) is 11.1. The van der Waals surface area contributed by atoms with Crippen LogP contribution >= 0.6 is 0 Å². The van der Waals surface area contributed by atoms with Gasteiger partial charge in [-0.25, -0.2) is 0 Å². The maximum Gasteiger partial charge on any atom is 0.228 e. The molecule has 0 heterocycles. The third kappa shape index (κ3) is 3.56. The topological polar surface area (TPSA) is 55.1 Å². The first-order valence-electron chi connectivity index (χ1n) is 5.96. The molecule has 0 fully saturated rings. The average Bonchev–Trinajstić information content (AvgIpc) is 2.27. The molecule has 1 aromatic carbocycles. The lowest BCUT2D eigenvalue weighted by Crippen LogP contribution is -2.28. The van der Waals surface area contributed by atoms with E-state index in [1.807, 2.05) is 31.2 Å². The molecule has 1 rings (SSSR count). The zero-order valence-corrected chi connectivity index (χ0v) is 11.1. The van der Waals surface area contributed by atoms with Crippen molar-refractivity contribution in [2.75, 3.05) is 11.9 Å². The lowest BCUT2D eigenvalue weighted by atomic mass is 9.85. The molecule has 0 aliphatic heterocycles. The van der Waals surface area contributed by atoms with Gasteiger partial charge in [-0.15, -0.1) is 0 Å². The number of benzene rings is 1. The SMILES string of the molecule is CC(CN)C(=O)Nc1ccccc1C(C)(C)C. The summed E-state index contributed by atoms with van der Waals surface area (Å²) in [5, 5.41) is 2.95. The number of carbonyl (C=O) groups excluding carboxylic acids is 1. The quantitative estimate of drug-likeness (QED) is 0.844. The van der Waals surface area contributed by atoms with E-state index in [1.165, 1.54) is 0 Å². The van der Waals surface area contributed by atoms with Gasteiger partial charge in [0, 0.05) is 18.2 Å². The Morgan fingerprint density at radius 3 is 2.47 bits per heavy atom. The molecule has 0 aliphatic carbocycles. The summed E-state index contributed by atoms with van der Waals surface area (Å²) in [6, 6.07) is 7.89. The van der Waals surface area contributed by atoms with Crippen molar-refractivity contribution < 1.29 is 4.79 Å². The van der Waals surface area contributed by atoms with E-state index in [2.05, 4.69) is 26.1 Å². The van der Waals surface area contributed by atoms with E-state index in [0.29, 0.717) is 6.54 Å². The van der Waals surface area contributed by atoms with E-state index in [4.69, 9.17) is 5.73 Å². The van der Waals surface area contributed by atoms with Crippen molar-refractivity contribution in [1.82, 2.24) is 0 Å². The van der Waals surface area contributed by atoms with Crippen molar-refractivity contribution in [1.29, 1.82) is 0 Å². The van der Waals surface area contributed by atoms with Crippen LogP contribution in [0.4, 0.5) is 5.69 Å². The van der Waals surface area contributed by atoms with Crippen LogP contribution in [-0.4, -0.2) is 12.5 Å². The van der Waals surface area contributed by atoms with Gasteiger partial charge in [0.2, 0.25) is 5.91 Å². The van der Waals surface area contributed by atoms with Gasteiger partial charge in [-0.2, -0.15) is 0 Å². The van der Waals surface area contributed by atoms with Crippen LogP contribution in [0, 0.1) is 5.92 Å². The summed E-state index contributed by atoms with van der Waals surface area (Å²) in [5.41, 5.74) is 7.52. The molecule has 0 radical (unpaired) electrons. The summed E-state index contributed by atoms with van der Waals surface area (Å²) >= 11 is 0. The van der Waals surface area contributed by atoms with Crippen LogP contribution in [0.5, 0.6) is 0 Å². The lowest BCUT2D eigenvalue weighted by molar-refractivity contribution is -0.119. The van der Waals surface area contributed by atoms with Crippen molar-refractivity contribution in [3.8, 4) is 0 Å². The molecule has 0 bridgehead atoms. The summed E-state index contributed by atoms with van der Waals surface area (Å²) < 4.78 is 0. The fourth-order valence-corrected chi connectivity index (χ4v) is 1.61. The predicted octanol–water partition coefficient (Wildman–Crippen LogP) is 2.52. The molecule has 0 saturated carbocycles. The second-order valence-electron chi connectivity index (χ2n) is 5.42. The van der Waals surface area contributed by atoms with Gasteiger partial charge in [0.15, 0.2) is 0 Å². The first-order valence-corrected chi connectivity index (χ1v) is 5.96. The number of para-hydroxylation sites is 1. The van der Waals surface area contributed by atoms with Gasteiger partial charge >= 0.3 is 0 Å². The second-order valence-corrected chi connectivity index (χ2v) is 5.42. The molecule has 1 unspecified atom stereocenters. The second kappa shape index (κ2) is 5.32. The molecule has 94 valence electrons. The average molecular weight is 234 g/mol. The van der Waals surface area contributed by atoms with Crippen LogP contribution in [0.15, 0.2) is 24.3 Å². The third-order valence-electron chi connectivity index (χ3n) is 2.79. The molecule has 17 heavy (non-hydrogen) atoms. The summed E-state index contributed by atoms with van der Waals surface area (Å²) in [6.07, 6.45) is 0. The van der Waals surface area contributed by atoms with Crippen LogP contribution in [0.25, 0.3) is 0 Å². The Hall–Kier alpha value is -1.35. The summed E-state index contributed by atoms with van der Waals surface area (Å²) in [4.78, 5) is 11.8. The molecule has 1 aromatic rings. The standard InChI is InChI=1S/C14H22N2O/c1-10(9-15)13(17)16-12-8-6-5-7-11(12)14(2,3)4/h5-8,10H,9,15H2,1-4H3,(H,16,17). The normalized spacial score (nSPS) is 13.2. The molecule has 0 aliphatic rings. The predicted molar refractivity (Wildman–Crippen MR) is 72.0 cm³/mol. The molecule has 1 atom stereocenters. The van der Waals surface area contributed by atoms with E-state index in [1.54, 1.807) is 0 Å². The van der Waals surface area contributed by atoms with Crippen LogP contribution in [0.3, 0.4) is 0 Å². The number of amides is 1. The highest BCUT2D eigenvalue weighted by molar-refractivity contribution is 5.93. The van der Waals surface area contributed by atoms with Crippen LogP contribution in [-0.2, 0) is 10.2 Å². The van der Waals surface area contributed by atoms with Gasteiger partial charge < -0.3 is 11.1 Å². The molecule has 3 heteroatoms. The fourth-order valence-electron chi connectivity index (χ4n) is 1.61. The highest BCUT2D eigenvalue weighted by atomic mass is 16.1. The maximum atomic E-state index is 11.8. The molecule has 0 saturated heterocycles. The summed E-state index contributed by atoms with van der Waals surface area (Å²) in [5.74, 6) is -0.188. The van der Waals surface area contributed by atoms with Crippen molar-refractivity contribution in [3.05, 3.63) is 29.8 Å². The van der Waals surface area contributed by atoms with Crippen molar-refractivity contribution >= 4 is 11.6 Å². The van der Waals surface area contributed by atoms with Gasteiger partial charge in [0.25, 0.3) is 0 Å². The monoisotopic (exact) mass is 234 g/mol. The number of carbonyl (C=O) groups is 1. The van der Waals surface area contributed by atoms with Crippen LogP contribution in [0.2, 0.25) is 0 Å². The van der Waals surface area contributed by atoms with E-state index in [-0.39, 0.29) is 17.2 Å². The van der Waals surface area contributed by atoms with Crippen molar-refractivity contribution in [3.63, 3.8) is 0 Å². The minimum Gasteiger partial charge on any atom is -0.330 e. The van der Waals surface area contributed by atoms with Gasteiger partial charge in [0.1, 0.15) is 0 Å². The van der Waals surface area contributed by atoms with Gasteiger partial charge in [-0.1, -0.05) is 45.9 Å². The van der Waals surface area contributed by atoms with Gasteiger partial charge in [-0.3, -0.25) is 4.79 Å². The van der Waals surface area contributed by atoms with Crippen LogP contribution < -0.4 is 11.1 Å². The van der Waals surface area contributed by atoms with E-state index in [0.717, 1.165) is 11.3 Å². The van der Waals surface area contributed by atoms with Gasteiger partial charge in [0.05, 0.1) is 0 Å². The van der Waals surface area contributed by atoms with E-state index >= 15 is 0 Å². The summed E-state index contributed by atoms with van der Waals surface area (Å²) in [6.45, 7) is 8.58. The smallest absolute Gasteiger partial charge is 0.228 e. The summed E-state index contributed by atoms with van der Waals surface area (Å²) in [7, 11) is 0. The number of nitrogens with one attached hydrogen (secondary N) is 1. The third-order valence-corrected chi connectivity index (χ3v) is 2.79. The van der Waals surface area contributed by atoms with Crippen LogP contribution in [0.1, 0.15) is 33.3 Å². The molecule has 0 aromatic heterocycles. The number of nitrogens with two attached hydrogens (primary N) is 1. The molecular formula is C14H22N2O. The van der Waals surface area contributed by atoms with E-state index < -0.39 is 0 Å². The van der Waals surface area contributed by atoms with E-state index in [9.17, 15) is 4.79 Å². The fraction of sp³-hybridized carbons (Fsp3) is 0.500. The number of anilines is 1. The molecule has 3 N–H and O–H groups in total. The molecular weight excluding hydrogens is 212 g/mol. The van der Waals surface area contributed by atoms with Crippen molar-refractivity contribution in [2.24, 2.45) is 11.7 Å². The van der Waals surface area contributed by atoms with Gasteiger partial charge in [-0.05, 0) is 17.0 Å². The molecule has 3 nitrogen and oxygen atoms in total. The Morgan fingerprint density at radius 2 is 1.94 bits per heavy atom. The Balaban J connectivity index is 2.96. The number of rotatable bonds is 3. The number of hydrogen-bond donors (Lipinski definition) is 2. The lowest BCUT2D eigenvalue weighted by Gasteiger charge is -2.23. The maximum absolute atomic E-state index is 11.8. The minimum absolute atomic E-state index is 0.00975. The zero-order chi connectivity index (χ0) is 13.1. The Kier molecular flexibility index (Phi) is 4.29. The Bertz CT molecular complexity index is 393. The number of hydrogen-bond acceptors (Lipinski definition) is 2. The minimum atomic E-state index is -0.164. The molecule has 1 amide bonds. The largest absolute Gasteiger partial charge is 0.330 e. The Labute approximate surface area is 103 Å². The highest BCUT2D eigenvalue weighted by Gasteiger charge is 2.19. The van der Waals surface area contributed by atoms with Crippen molar-refractivity contribution in [2.45, 2.75) is 33.1 Å². The highest BCUT2D eigenvalue weighted by Crippen LogP contribution is 2.29. The first-order chi connectivity index (χ1) is 7.86. The Morgan fingerprint density at radius 1 is 1.35 bits per heavy atom. The first kappa shape index (κ1) is 13.7.